The first-order chi connectivity index (χ1) is 8.58. The van der Waals surface area contributed by atoms with Gasteiger partial charge in [0.15, 0.2) is 0 Å². The fourth-order valence-corrected chi connectivity index (χ4v) is 1.98. The van der Waals surface area contributed by atoms with E-state index >= 15 is 0 Å². The molecule has 102 valence electrons. The van der Waals surface area contributed by atoms with Gasteiger partial charge in [-0.2, -0.15) is 4.98 Å². The van der Waals surface area contributed by atoms with Crippen LogP contribution in [0.1, 0.15) is 6.92 Å². The molecule has 0 bridgehead atoms. The normalized spacial score (nSPS) is 12.4. The van der Waals surface area contributed by atoms with Gasteiger partial charge in [-0.25, -0.2) is 4.98 Å². The Hall–Kier alpha value is -0.920. The van der Waals surface area contributed by atoms with Crippen LogP contribution >= 0.6 is 15.9 Å². The lowest BCUT2D eigenvalue weighted by Gasteiger charge is -2.28. The number of rotatable bonds is 7. The molecule has 18 heavy (non-hydrogen) atoms. The van der Waals surface area contributed by atoms with E-state index in [0.29, 0.717) is 36.1 Å². The number of anilines is 2. The molecule has 0 fully saturated rings. The van der Waals surface area contributed by atoms with Crippen LogP contribution in [0.15, 0.2) is 10.7 Å². The predicted octanol–water partition coefficient (Wildman–Crippen LogP) is 1.31. The van der Waals surface area contributed by atoms with Crippen molar-refractivity contribution in [3.8, 4) is 0 Å². The highest BCUT2D eigenvalue weighted by molar-refractivity contribution is 9.10. The Kier molecular flexibility index (Phi) is 6.31. The summed E-state index contributed by atoms with van der Waals surface area (Å²) < 4.78 is 10.9. The Morgan fingerprint density at radius 3 is 2.67 bits per heavy atom. The smallest absolute Gasteiger partial charge is 0.228 e. The monoisotopic (exact) mass is 318 g/mol. The van der Waals surface area contributed by atoms with Gasteiger partial charge >= 0.3 is 0 Å². The summed E-state index contributed by atoms with van der Waals surface area (Å²) in [7, 11) is 3.33. The van der Waals surface area contributed by atoms with Crippen molar-refractivity contribution >= 4 is 27.7 Å². The molecule has 1 atom stereocenters. The molecule has 1 aromatic heterocycles. The average Bonchev–Trinajstić information content (AvgIpc) is 2.28. The number of halogens is 1. The summed E-state index contributed by atoms with van der Waals surface area (Å²) in [6.45, 7) is 3.89. The number of hydrogen-bond acceptors (Lipinski definition) is 6. The number of nitrogens with two attached hydrogens (primary N) is 1. The summed E-state index contributed by atoms with van der Waals surface area (Å²) in [6, 6.07) is 1.80. The van der Waals surface area contributed by atoms with E-state index in [4.69, 9.17) is 15.2 Å². The first-order valence-electron chi connectivity index (χ1n) is 5.63. The standard InChI is InChI=1S/C11H19BrN4O2/c1-8(7-18-3)16(4-5-17-2)11-14-9(12)6-10(13)15-11/h6,8H,4-5,7H2,1-3H3,(H2,13,14,15). The predicted molar refractivity (Wildman–Crippen MR) is 74.7 cm³/mol. The number of methoxy groups -OCH3 is 2. The number of nitrogens with zero attached hydrogens (tertiary/aromatic N) is 3. The summed E-state index contributed by atoms with van der Waals surface area (Å²) in [5.41, 5.74) is 5.73. The second-order valence-corrected chi connectivity index (χ2v) is 4.72. The summed E-state index contributed by atoms with van der Waals surface area (Å²) in [4.78, 5) is 10.6. The minimum absolute atomic E-state index is 0.138. The molecule has 1 aromatic rings. The van der Waals surface area contributed by atoms with Crippen LogP contribution in [-0.2, 0) is 9.47 Å². The lowest BCUT2D eigenvalue weighted by molar-refractivity contribution is 0.170. The van der Waals surface area contributed by atoms with Crippen molar-refractivity contribution in [2.75, 3.05) is 44.6 Å². The minimum Gasteiger partial charge on any atom is -0.383 e. The summed E-state index contributed by atoms with van der Waals surface area (Å²) >= 11 is 3.32. The van der Waals surface area contributed by atoms with Gasteiger partial charge in [0, 0.05) is 26.8 Å². The van der Waals surface area contributed by atoms with Crippen LogP contribution in [0.4, 0.5) is 11.8 Å². The fourth-order valence-electron chi connectivity index (χ4n) is 1.59. The molecule has 0 aliphatic heterocycles. The zero-order chi connectivity index (χ0) is 13.5. The quantitative estimate of drug-likeness (QED) is 0.764. The van der Waals surface area contributed by atoms with Gasteiger partial charge in [0.1, 0.15) is 10.4 Å². The molecular formula is C11H19BrN4O2. The van der Waals surface area contributed by atoms with Crippen molar-refractivity contribution in [1.82, 2.24) is 9.97 Å². The van der Waals surface area contributed by atoms with Crippen LogP contribution < -0.4 is 10.6 Å². The summed E-state index contributed by atoms with van der Waals surface area (Å²) in [5, 5.41) is 0. The topological polar surface area (TPSA) is 73.5 Å². The Labute approximate surface area is 116 Å². The summed E-state index contributed by atoms with van der Waals surface area (Å²) in [5.74, 6) is 1.00. The lowest BCUT2D eigenvalue weighted by Crippen LogP contribution is -2.40. The van der Waals surface area contributed by atoms with E-state index in [9.17, 15) is 0 Å². The number of ether oxygens (including phenoxy) is 2. The van der Waals surface area contributed by atoms with Gasteiger partial charge in [0.25, 0.3) is 0 Å². The van der Waals surface area contributed by atoms with E-state index in [1.165, 1.54) is 0 Å². The lowest BCUT2D eigenvalue weighted by atomic mass is 10.3. The van der Waals surface area contributed by atoms with Crippen molar-refractivity contribution in [2.24, 2.45) is 0 Å². The van der Waals surface area contributed by atoms with E-state index < -0.39 is 0 Å². The zero-order valence-corrected chi connectivity index (χ0v) is 12.5. The van der Waals surface area contributed by atoms with Crippen LogP contribution in [0.5, 0.6) is 0 Å². The van der Waals surface area contributed by atoms with Gasteiger partial charge in [0.05, 0.1) is 19.3 Å². The highest BCUT2D eigenvalue weighted by Gasteiger charge is 2.17. The van der Waals surface area contributed by atoms with E-state index in [2.05, 4.69) is 25.9 Å². The Morgan fingerprint density at radius 2 is 2.11 bits per heavy atom. The molecule has 1 unspecified atom stereocenters. The third-order valence-electron chi connectivity index (χ3n) is 2.44. The van der Waals surface area contributed by atoms with Crippen LogP contribution in [0, 0.1) is 0 Å². The fraction of sp³-hybridized carbons (Fsp3) is 0.636. The summed E-state index contributed by atoms with van der Waals surface area (Å²) in [6.07, 6.45) is 0. The molecule has 1 rings (SSSR count). The van der Waals surface area contributed by atoms with E-state index in [1.54, 1.807) is 20.3 Å². The maximum absolute atomic E-state index is 5.73. The van der Waals surface area contributed by atoms with Crippen LogP contribution in [-0.4, -0.2) is 50.0 Å². The maximum atomic E-state index is 5.73. The molecule has 0 radical (unpaired) electrons. The number of hydrogen-bond donors (Lipinski definition) is 1. The van der Waals surface area contributed by atoms with Gasteiger partial charge in [-0.3, -0.25) is 0 Å². The molecule has 0 aromatic carbocycles. The van der Waals surface area contributed by atoms with Crippen molar-refractivity contribution in [3.63, 3.8) is 0 Å². The molecule has 6 nitrogen and oxygen atoms in total. The first kappa shape index (κ1) is 15.1. The first-order valence-corrected chi connectivity index (χ1v) is 6.42. The Bertz CT molecular complexity index is 358. The van der Waals surface area contributed by atoms with E-state index in [-0.39, 0.29) is 6.04 Å². The second-order valence-electron chi connectivity index (χ2n) is 3.91. The molecule has 0 aliphatic carbocycles. The van der Waals surface area contributed by atoms with Crippen LogP contribution in [0.2, 0.25) is 0 Å². The molecule has 0 amide bonds. The van der Waals surface area contributed by atoms with Crippen molar-refractivity contribution in [2.45, 2.75) is 13.0 Å². The van der Waals surface area contributed by atoms with Crippen LogP contribution in [0.3, 0.4) is 0 Å². The molecule has 0 saturated heterocycles. The minimum atomic E-state index is 0.138. The average molecular weight is 319 g/mol. The SMILES string of the molecule is COCCN(c1nc(N)cc(Br)n1)C(C)COC. The number of nitrogen functional groups attached to an aromatic ring is 1. The van der Waals surface area contributed by atoms with Crippen LogP contribution in [0.25, 0.3) is 0 Å². The molecule has 0 saturated carbocycles. The molecular weight excluding hydrogens is 300 g/mol. The zero-order valence-electron chi connectivity index (χ0n) is 10.9. The largest absolute Gasteiger partial charge is 0.383 e. The molecule has 2 N–H and O–H groups in total. The van der Waals surface area contributed by atoms with Gasteiger partial charge in [0.2, 0.25) is 5.95 Å². The molecule has 0 aliphatic rings. The molecule has 7 heteroatoms. The van der Waals surface area contributed by atoms with Gasteiger partial charge in [-0.15, -0.1) is 0 Å². The second kappa shape index (κ2) is 7.50. The van der Waals surface area contributed by atoms with E-state index in [0.717, 1.165) is 0 Å². The highest BCUT2D eigenvalue weighted by Crippen LogP contribution is 2.17. The Balaban J connectivity index is 2.92. The Morgan fingerprint density at radius 1 is 1.39 bits per heavy atom. The number of aromatic nitrogens is 2. The van der Waals surface area contributed by atoms with Gasteiger partial charge in [-0.1, -0.05) is 0 Å². The molecule has 0 spiro atoms. The van der Waals surface area contributed by atoms with Crippen molar-refractivity contribution in [3.05, 3.63) is 10.7 Å². The van der Waals surface area contributed by atoms with Gasteiger partial charge < -0.3 is 20.1 Å². The van der Waals surface area contributed by atoms with Crippen molar-refractivity contribution < 1.29 is 9.47 Å². The van der Waals surface area contributed by atoms with Crippen molar-refractivity contribution in [1.29, 1.82) is 0 Å². The highest BCUT2D eigenvalue weighted by atomic mass is 79.9. The third-order valence-corrected chi connectivity index (χ3v) is 2.84. The molecule has 1 heterocycles. The third kappa shape index (κ3) is 4.40. The van der Waals surface area contributed by atoms with E-state index in [1.807, 2.05) is 11.8 Å². The van der Waals surface area contributed by atoms with Gasteiger partial charge in [-0.05, 0) is 22.9 Å². The maximum Gasteiger partial charge on any atom is 0.228 e.